The minimum atomic E-state index is -3.49. The first-order chi connectivity index (χ1) is 14.2. The molecule has 7 nitrogen and oxygen atoms in total. The maximum absolute atomic E-state index is 12.4. The predicted octanol–water partition coefficient (Wildman–Crippen LogP) is 3.47. The molecule has 0 fully saturated rings. The van der Waals surface area contributed by atoms with Gasteiger partial charge in [0, 0.05) is 32.2 Å². The average molecular weight is 445 g/mol. The van der Waals surface area contributed by atoms with Crippen molar-refractivity contribution in [3.8, 4) is 5.69 Å². The molecule has 0 aliphatic carbocycles. The van der Waals surface area contributed by atoms with E-state index in [2.05, 4.69) is 16.4 Å². The lowest BCUT2D eigenvalue weighted by Gasteiger charge is -2.12. The van der Waals surface area contributed by atoms with Crippen LogP contribution in [0.1, 0.15) is 11.1 Å². The summed E-state index contributed by atoms with van der Waals surface area (Å²) in [4.78, 5) is 16.9. The summed E-state index contributed by atoms with van der Waals surface area (Å²) in [5.74, 6) is -0.0157. The van der Waals surface area contributed by atoms with Gasteiger partial charge < -0.3 is 5.32 Å². The number of carbonyl (C=O) groups is 1. The Bertz CT molecular complexity index is 1150. The van der Waals surface area contributed by atoms with E-state index in [1.165, 1.54) is 43.6 Å². The Morgan fingerprint density at radius 2 is 1.83 bits per heavy atom. The molecule has 3 rings (SSSR count). The molecule has 0 saturated carbocycles. The largest absolute Gasteiger partial charge is 0.325 e. The van der Waals surface area contributed by atoms with Crippen LogP contribution in [0.2, 0.25) is 0 Å². The molecule has 0 unspecified atom stereocenters. The summed E-state index contributed by atoms with van der Waals surface area (Å²) in [5, 5.41) is 3.51. The molecule has 2 aromatic carbocycles. The number of amides is 1. The highest BCUT2D eigenvalue weighted by Gasteiger charge is 2.17. The fourth-order valence-electron chi connectivity index (χ4n) is 2.90. The third-order valence-corrected chi connectivity index (χ3v) is 7.26. The molecule has 3 aromatic rings. The summed E-state index contributed by atoms with van der Waals surface area (Å²) in [6.07, 6.45) is 3.59. The number of hydrogen-bond donors (Lipinski definition) is 1. The first kappa shape index (κ1) is 22.1. The van der Waals surface area contributed by atoms with Crippen LogP contribution in [0.15, 0.2) is 64.9 Å². The molecule has 1 amide bonds. The lowest BCUT2D eigenvalue weighted by molar-refractivity contribution is -0.113. The molecule has 9 heteroatoms. The molecule has 0 aliphatic rings. The van der Waals surface area contributed by atoms with Crippen molar-refractivity contribution in [2.75, 3.05) is 25.2 Å². The number of carbonyl (C=O) groups excluding carboxylic acids is 1. The number of hydrogen-bond acceptors (Lipinski definition) is 5. The number of benzene rings is 2. The van der Waals surface area contributed by atoms with Crippen LogP contribution < -0.4 is 5.32 Å². The van der Waals surface area contributed by atoms with Gasteiger partial charge in [-0.1, -0.05) is 29.5 Å². The van der Waals surface area contributed by atoms with Gasteiger partial charge in [-0.3, -0.25) is 9.36 Å². The van der Waals surface area contributed by atoms with Crippen LogP contribution in [0.3, 0.4) is 0 Å². The summed E-state index contributed by atoms with van der Waals surface area (Å²) in [5.41, 5.74) is 3.89. The van der Waals surface area contributed by atoms with E-state index in [4.69, 9.17) is 0 Å². The average Bonchev–Trinajstić information content (AvgIpc) is 3.15. The number of nitrogens with one attached hydrogen (secondary N) is 1. The van der Waals surface area contributed by atoms with Crippen LogP contribution >= 0.6 is 11.8 Å². The van der Waals surface area contributed by atoms with Crippen molar-refractivity contribution in [1.82, 2.24) is 13.9 Å². The van der Waals surface area contributed by atoms with E-state index < -0.39 is 10.0 Å². The van der Waals surface area contributed by atoms with Crippen LogP contribution in [0.25, 0.3) is 5.69 Å². The van der Waals surface area contributed by atoms with Gasteiger partial charge in [-0.15, -0.1) is 0 Å². The Kier molecular flexibility index (Phi) is 6.64. The molecule has 0 atom stereocenters. The van der Waals surface area contributed by atoms with Gasteiger partial charge in [0.2, 0.25) is 15.9 Å². The van der Waals surface area contributed by atoms with Crippen molar-refractivity contribution >= 4 is 33.4 Å². The van der Waals surface area contributed by atoms with Crippen LogP contribution in [-0.4, -0.2) is 48.0 Å². The van der Waals surface area contributed by atoms with Gasteiger partial charge in [0.25, 0.3) is 0 Å². The lowest BCUT2D eigenvalue weighted by Crippen LogP contribution is -2.22. The van der Waals surface area contributed by atoms with Crippen molar-refractivity contribution in [2.45, 2.75) is 23.9 Å². The topological polar surface area (TPSA) is 84.3 Å². The molecule has 158 valence electrons. The molecule has 1 heterocycles. The normalized spacial score (nSPS) is 11.6. The molecule has 0 radical (unpaired) electrons. The minimum Gasteiger partial charge on any atom is -0.325 e. The van der Waals surface area contributed by atoms with Gasteiger partial charge in [0.15, 0.2) is 5.16 Å². The van der Waals surface area contributed by atoms with E-state index in [1.54, 1.807) is 18.3 Å². The number of nitrogens with zero attached hydrogens (tertiary/aromatic N) is 3. The molecular weight excluding hydrogens is 420 g/mol. The van der Waals surface area contributed by atoms with Crippen molar-refractivity contribution < 1.29 is 13.2 Å². The van der Waals surface area contributed by atoms with Crippen molar-refractivity contribution in [1.29, 1.82) is 0 Å². The van der Waals surface area contributed by atoms with Crippen molar-refractivity contribution in [3.63, 3.8) is 0 Å². The molecule has 0 aliphatic heterocycles. The third-order valence-electron chi connectivity index (χ3n) is 4.47. The zero-order valence-electron chi connectivity index (χ0n) is 17.3. The maximum atomic E-state index is 12.4. The Balaban J connectivity index is 1.64. The summed E-state index contributed by atoms with van der Waals surface area (Å²) in [6.45, 7) is 4.09. The second-order valence-electron chi connectivity index (χ2n) is 7.02. The third kappa shape index (κ3) is 4.92. The van der Waals surface area contributed by atoms with Crippen LogP contribution in [0.5, 0.6) is 0 Å². The molecule has 0 spiro atoms. The van der Waals surface area contributed by atoms with Crippen LogP contribution in [-0.2, 0) is 14.8 Å². The first-order valence-electron chi connectivity index (χ1n) is 9.24. The summed E-state index contributed by atoms with van der Waals surface area (Å²) < 4.78 is 27.3. The second-order valence-corrected chi connectivity index (χ2v) is 10.1. The Hall–Kier alpha value is -2.62. The summed E-state index contributed by atoms with van der Waals surface area (Å²) in [6, 6.07) is 12.3. The fourth-order valence-corrected chi connectivity index (χ4v) is 4.57. The van der Waals surface area contributed by atoms with E-state index >= 15 is 0 Å². The highest BCUT2D eigenvalue weighted by atomic mass is 32.2. The van der Waals surface area contributed by atoms with E-state index in [0.29, 0.717) is 5.69 Å². The smallest absolute Gasteiger partial charge is 0.242 e. The molecule has 30 heavy (non-hydrogen) atoms. The van der Waals surface area contributed by atoms with Gasteiger partial charge in [-0.2, -0.15) is 0 Å². The fraction of sp³-hybridized carbons (Fsp3) is 0.238. The molecule has 0 saturated heterocycles. The predicted molar refractivity (Wildman–Crippen MR) is 120 cm³/mol. The Labute approximate surface area is 181 Å². The highest BCUT2D eigenvalue weighted by molar-refractivity contribution is 7.99. The zero-order chi connectivity index (χ0) is 21.9. The van der Waals surface area contributed by atoms with Crippen LogP contribution in [0, 0.1) is 13.8 Å². The van der Waals surface area contributed by atoms with Gasteiger partial charge in [0.05, 0.1) is 16.3 Å². The number of aromatic nitrogens is 2. The Morgan fingerprint density at radius 3 is 2.47 bits per heavy atom. The minimum absolute atomic E-state index is 0.176. The molecule has 1 N–H and O–H groups in total. The number of rotatable bonds is 7. The van der Waals surface area contributed by atoms with Gasteiger partial charge in [0.1, 0.15) is 0 Å². The van der Waals surface area contributed by atoms with Gasteiger partial charge in [-0.05, 0) is 49.7 Å². The summed E-state index contributed by atoms with van der Waals surface area (Å²) in [7, 11) is -0.541. The number of sulfonamides is 1. The lowest BCUT2D eigenvalue weighted by atomic mass is 10.1. The molecule has 1 aromatic heterocycles. The monoisotopic (exact) mass is 444 g/mol. The Morgan fingerprint density at radius 1 is 1.13 bits per heavy atom. The number of imidazole rings is 1. The van der Waals surface area contributed by atoms with Gasteiger partial charge >= 0.3 is 0 Å². The SMILES string of the molecule is Cc1ccc(-n2ccnc2SCC(=O)Nc2ccc(S(=O)(=O)N(C)C)cc2)c(C)c1. The van der Waals surface area contributed by atoms with E-state index in [1.807, 2.05) is 36.7 Å². The van der Waals surface area contributed by atoms with E-state index in [9.17, 15) is 13.2 Å². The van der Waals surface area contributed by atoms with E-state index in [0.717, 1.165) is 20.7 Å². The maximum Gasteiger partial charge on any atom is 0.242 e. The quantitative estimate of drug-likeness (QED) is 0.564. The molecule has 0 bridgehead atoms. The van der Waals surface area contributed by atoms with Gasteiger partial charge in [-0.25, -0.2) is 17.7 Å². The zero-order valence-corrected chi connectivity index (χ0v) is 18.9. The molecular formula is C21H24N4O3S2. The van der Waals surface area contributed by atoms with Crippen LogP contribution in [0.4, 0.5) is 5.69 Å². The van der Waals surface area contributed by atoms with Crippen molar-refractivity contribution in [3.05, 3.63) is 66.0 Å². The van der Waals surface area contributed by atoms with Crippen molar-refractivity contribution in [2.24, 2.45) is 0 Å². The van der Waals surface area contributed by atoms with E-state index in [-0.39, 0.29) is 16.6 Å². The second kappa shape index (κ2) is 9.03. The standard InChI is InChI=1S/C21H24N4O3S2/c1-15-5-10-19(16(2)13-15)25-12-11-22-21(25)29-14-20(26)23-17-6-8-18(9-7-17)30(27,28)24(3)4/h5-13H,14H2,1-4H3,(H,23,26). The first-order valence-corrected chi connectivity index (χ1v) is 11.7. The number of anilines is 1. The highest BCUT2D eigenvalue weighted by Crippen LogP contribution is 2.24. The number of thioether (sulfide) groups is 1. The number of aryl methyl sites for hydroxylation is 2. The summed E-state index contributed by atoms with van der Waals surface area (Å²) >= 11 is 1.34.